The number of carbonyl (C=O) groups excluding carboxylic acids is 2. The van der Waals surface area contributed by atoms with E-state index in [0.29, 0.717) is 27.7 Å². The van der Waals surface area contributed by atoms with Crippen molar-refractivity contribution in [3.63, 3.8) is 0 Å². The zero-order valence-corrected chi connectivity index (χ0v) is 18.0. The van der Waals surface area contributed by atoms with Crippen molar-refractivity contribution in [1.29, 1.82) is 0 Å². The van der Waals surface area contributed by atoms with Crippen LogP contribution in [0.25, 0.3) is 0 Å². The molecule has 154 valence electrons. The van der Waals surface area contributed by atoms with Crippen LogP contribution in [0.5, 0.6) is 0 Å². The molecule has 6 heteroatoms. The first-order valence-corrected chi connectivity index (χ1v) is 10.4. The summed E-state index contributed by atoms with van der Waals surface area (Å²) in [5.74, 6) is -0.473. The quantitative estimate of drug-likeness (QED) is 0.469. The Bertz CT molecular complexity index is 1020. The molecule has 0 heterocycles. The van der Waals surface area contributed by atoms with E-state index in [-0.39, 0.29) is 24.3 Å². The maximum absolute atomic E-state index is 12.8. The minimum Gasteiger partial charge on any atom is -0.345 e. The van der Waals surface area contributed by atoms with Gasteiger partial charge in [0.05, 0.1) is 17.3 Å². The van der Waals surface area contributed by atoms with Crippen LogP contribution in [-0.2, 0) is 11.2 Å². The Morgan fingerprint density at radius 3 is 2.20 bits per heavy atom. The standard InChI is InChI=1S/C24H22Cl2N2O2/c1-16(17-8-3-2-4-9-17)27-24(30)19-10-5-6-13-22(19)28-23(29)15-14-18-20(25)11-7-12-21(18)26/h2-13,16H,14-15H2,1H3,(H,27,30)(H,28,29). The van der Waals surface area contributed by atoms with Gasteiger partial charge in [-0.3, -0.25) is 9.59 Å². The van der Waals surface area contributed by atoms with Crippen molar-refractivity contribution in [3.05, 3.63) is 99.5 Å². The number of rotatable bonds is 7. The SMILES string of the molecule is CC(NC(=O)c1ccccc1NC(=O)CCc1c(Cl)cccc1Cl)c1ccccc1. The minimum atomic E-state index is -0.253. The first kappa shape index (κ1) is 21.9. The molecule has 1 atom stereocenters. The van der Waals surface area contributed by atoms with Crippen LogP contribution in [0.2, 0.25) is 10.0 Å². The van der Waals surface area contributed by atoms with Gasteiger partial charge in [-0.15, -0.1) is 0 Å². The van der Waals surface area contributed by atoms with Crippen LogP contribution < -0.4 is 10.6 Å². The van der Waals surface area contributed by atoms with E-state index in [1.54, 1.807) is 42.5 Å². The molecule has 0 fully saturated rings. The molecule has 0 aromatic heterocycles. The molecule has 0 aliphatic rings. The fraction of sp³-hybridized carbons (Fsp3) is 0.167. The number of hydrogen-bond donors (Lipinski definition) is 2. The molecule has 3 rings (SSSR count). The number of halogens is 2. The largest absolute Gasteiger partial charge is 0.345 e. The normalized spacial score (nSPS) is 11.6. The molecule has 1 unspecified atom stereocenters. The third kappa shape index (κ3) is 5.62. The van der Waals surface area contributed by atoms with Crippen LogP contribution >= 0.6 is 23.2 Å². The first-order chi connectivity index (χ1) is 14.5. The van der Waals surface area contributed by atoms with E-state index < -0.39 is 0 Å². The van der Waals surface area contributed by atoms with Crippen molar-refractivity contribution >= 4 is 40.7 Å². The lowest BCUT2D eigenvalue weighted by Gasteiger charge is -2.16. The van der Waals surface area contributed by atoms with Crippen molar-refractivity contribution in [3.8, 4) is 0 Å². The molecule has 4 nitrogen and oxygen atoms in total. The van der Waals surface area contributed by atoms with E-state index >= 15 is 0 Å². The van der Waals surface area contributed by atoms with Gasteiger partial charge in [0, 0.05) is 16.5 Å². The highest BCUT2D eigenvalue weighted by Gasteiger charge is 2.16. The van der Waals surface area contributed by atoms with E-state index in [4.69, 9.17) is 23.2 Å². The molecule has 0 saturated heterocycles. The lowest BCUT2D eigenvalue weighted by molar-refractivity contribution is -0.116. The fourth-order valence-electron chi connectivity index (χ4n) is 3.11. The van der Waals surface area contributed by atoms with E-state index in [2.05, 4.69) is 10.6 Å². The molecule has 30 heavy (non-hydrogen) atoms. The molecule has 0 spiro atoms. The molecular weight excluding hydrogens is 419 g/mol. The highest BCUT2D eigenvalue weighted by Crippen LogP contribution is 2.26. The Morgan fingerprint density at radius 2 is 1.50 bits per heavy atom. The Labute approximate surface area is 186 Å². The van der Waals surface area contributed by atoms with E-state index in [0.717, 1.165) is 11.1 Å². The lowest BCUT2D eigenvalue weighted by atomic mass is 10.1. The zero-order chi connectivity index (χ0) is 21.5. The smallest absolute Gasteiger partial charge is 0.253 e. The Balaban J connectivity index is 1.66. The van der Waals surface area contributed by atoms with Crippen molar-refractivity contribution < 1.29 is 9.59 Å². The van der Waals surface area contributed by atoms with Crippen LogP contribution in [0.1, 0.15) is 40.9 Å². The average Bonchev–Trinajstić information content (AvgIpc) is 2.74. The van der Waals surface area contributed by atoms with Crippen molar-refractivity contribution in [2.24, 2.45) is 0 Å². The maximum Gasteiger partial charge on any atom is 0.253 e. The Hall–Kier alpha value is -2.82. The topological polar surface area (TPSA) is 58.2 Å². The van der Waals surface area contributed by atoms with Crippen LogP contribution in [0.15, 0.2) is 72.8 Å². The number of hydrogen-bond acceptors (Lipinski definition) is 2. The minimum absolute atomic E-state index is 0.162. The Kier molecular flexibility index (Phi) is 7.50. The van der Waals surface area contributed by atoms with Crippen LogP contribution in [0.4, 0.5) is 5.69 Å². The molecule has 2 N–H and O–H groups in total. The number of amides is 2. The van der Waals surface area contributed by atoms with E-state index in [1.807, 2.05) is 37.3 Å². The van der Waals surface area contributed by atoms with E-state index in [9.17, 15) is 9.59 Å². The molecular formula is C24H22Cl2N2O2. The number of para-hydroxylation sites is 1. The summed E-state index contributed by atoms with van der Waals surface area (Å²) in [5.41, 5.74) is 2.61. The summed E-state index contributed by atoms with van der Waals surface area (Å²) in [7, 11) is 0. The highest BCUT2D eigenvalue weighted by molar-refractivity contribution is 6.36. The molecule has 3 aromatic carbocycles. The van der Waals surface area contributed by atoms with Gasteiger partial charge in [0.25, 0.3) is 5.91 Å². The second-order valence-electron chi connectivity index (χ2n) is 6.90. The number of benzene rings is 3. The molecule has 2 amide bonds. The van der Waals surface area contributed by atoms with Gasteiger partial charge in [0.15, 0.2) is 0 Å². The summed E-state index contributed by atoms with van der Waals surface area (Å²) in [4.78, 5) is 25.3. The van der Waals surface area contributed by atoms with Crippen molar-refractivity contribution in [2.75, 3.05) is 5.32 Å². The Morgan fingerprint density at radius 1 is 0.867 bits per heavy atom. The van der Waals surface area contributed by atoms with Gasteiger partial charge in [-0.25, -0.2) is 0 Å². The lowest BCUT2D eigenvalue weighted by Crippen LogP contribution is -2.28. The molecule has 0 aliphatic carbocycles. The second kappa shape index (κ2) is 10.3. The molecule has 0 radical (unpaired) electrons. The van der Waals surface area contributed by atoms with Gasteiger partial charge in [-0.2, -0.15) is 0 Å². The summed E-state index contributed by atoms with van der Waals surface area (Å²) < 4.78 is 0. The molecule has 3 aromatic rings. The summed E-state index contributed by atoms with van der Waals surface area (Å²) in [6.07, 6.45) is 0.601. The first-order valence-electron chi connectivity index (χ1n) is 9.63. The molecule has 0 aliphatic heterocycles. The van der Waals surface area contributed by atoms with Gasteiger partial charge in [0.2, 0.25) is 5.91 Å². The monoisotopic (exact) mass is 440 g/mol. The van der Waals surface area contributed by atoms with Gasteiger partial charge < -0.3 is 10.6 Å². The second-order valence-corrected chi connectivity index (χ2v) is 7.71. The third-order valence-electron chi connectivity index (χ3n) is 4.76. The molecule has 0 bridgehead atoms. The predicted molar refractivity (Wildman–Crippen MR) is 122 cm³/mol. The van der Waals surface area contributed by atoms with Crippen molar-refractivity contribution in [2.45, 2.75) is 25.8 Å². The van der Waals surface area contributed by atoms with Gasteiger partial charge >= 0.3 is 0 Å². The summed E-state index contributed by atoms with van der Waals surface area (Å²) in [6.45, 7) is 1.92. The van der Waals surface area contributed by atoms with Crippen LogP contribution in [0.3, 0.4) is 0 Å². The summed E-state index contributed by atoms with van der Waals surface area (Å²) in [6, 6.07) is 21.7. The van der Waals surface area contributed by atoms with Gasteiger partial charge in [-0.05, 0) is 48.7 Å². The van der Waals surface area contributed by atoms with Gasteiger partial charge in [0.1, 0.15) is 0 Å². The van der Waals surface area contributed by atoms with E-state index in [1.165, 1.54) is 0 Å². The fourth-order valence-corrected chi connectivity index (χ4v) is 3.70. The predicted octanol–water partition coefficient (Wildman–Crippen LogP) is 6.06. The van der Waals surface area contributed by atoms with Crippen LogP contribution in [0, 0.1) is 0 Å². The summed E-state index contributed by atoms with van der Waals surface area (Å²) >= 11 is 12.3. The number of carbonyl (C=O) groups is 2. The average molecular weight is 441 g/mol. The van der Waals surface area contributed by atoms with Crippen LogP contribution in [-0.4, -0.2) is 11.8 Å². The third-order valence-corrected chi connectivity index (χ3v) is 5.46. The van der Waals surface area contributed by atoms with Crippen molar-refractivity contribution in [1.82, 2.24) is 5.32 Å². The highest BCUT2D eigenvalue weighted by atomic mass is 35.5. The number of nitrogens with one attached hydrogen (secondary N) is 2. The number of anilines is 1. The zero-order valence-electron chi connectivity index (χ0n) is 16.5. The van der Waals surface area contributed by atoms with Gasteiger partial charge in [-0.1, -0.05) is 71.7 Å². The molecule has 0 saturated carbocycles. The maximum atomic E-state index is 12.8. The summed E-state index contributed by atoms with van der Waals surface area (Å²) in [5, 5.41) is 6.87.